The number of carbonyl (C=O) groups is 6. The molecule has 0 radical (unpaired) electrons. The molecule has 0 saturated heterocycles. The molecular formula is C18H26O9. The van der Waals surface area contributed by atoms with E-state index in [1.54, 1.807) is 6.92 Å². The van der Waals surface area contributed by atoms with Crippen molar-refractivity contribution < 1.29 is 43.0 Å². The van der Waals surface area contributed by atoms with Crippen molar-refractivity contribution in [3.63, 3.8) is 0 Å². The van der Waals surface area contributed by atoms with E-state index in [-0.39, 0.29) is 51.3 Å². The largest absolute Gasteiger partial charge is 0.465 e. The van der Waals surface area contributed by atoms with Gasteiger partial charge in [-0.25, -0.2) is 0 Å². The molecule has 0 aliphatic carbocycles. The van der Waals surface area contributed by atoms with E-state index in [2.05, 4.69) is 0 Å². The van der Waals surface area contributed by atoms with Crippen molar-refractivity contribution in [2.24, 2.45) is 5.41 Å². The van der Waals surface area contributed by atoms with Gasteiger partial charge in [0.05, 0.1) is 18.3 Å². The first-order valence-corrected chi connectivity index (χ1v) is 8.62. The van der Waals surface area contributed by atoms with Crippen molar-refractivity contribution in [3.8, 4) is 0 Å². The fraction of sp³-hybridized carbons (Fsp3) is 0.667. The van der Waals surface area contributed by atoms with Gasteiger partial charge in [0.25, 0.3) is 0 Å². The molecule has 0 unspecified atom stereocenters. The van der Waals surface area contributed by atoms with Crippen LogP contribution in [-0.4, -0.2) is 56.1 Å². The molecule has 9 nitrogen and oxygen atoms in total. The lowest BCUT2D eigenvalue weighted by molar-refractivity contribution is -0.162. The molecule has 152 valence electrons. The Bertz CT molecular complexity index is 511. The van der Waals surface area contributed by atoms with E-state index >= 15 is 0 Å². The summed E-state index contributed by atoms with van der Waals surface area (Å²) < 4.78 is 15.3. The highest BCUT2D eigenvalue weighted by molar-refractivity contribution is 5.94. The number of hydrogen-bond acceptors (Lipinski definition) is 9. The lowest BCUT2D eigenvalue weighted by Gasteiger charge is -2.31. The number of rotatable bonds is 15. The van der Waals surface area contributed by atoms with Crippen molar-refractivity contribution in [1.29, 1.82) is 0 Å². The normalized spacial score (nSPS) is 10.6. The van der Waals surface area contributed by atoms with Gasteiger partial charge in [-0.05, 0) is 13.3 Å². The Kier molecular flexibility index (Phi) is 12.3. The van der Waals surface area contributed by atoms with E-state index in [1.807, 2.05) is 0 Å². The quantitative estimate of drug-likeness (QED) is 0.175. The summed E-state index contributed by atoms with van der Waals surface area (Å²) in [7, 11) is 0. The van der Waals surface area contributed by atoms with Crippen LogP contribution in [0.25, 0.3) is 0 Å². The van der Waals surface area contributed by atoms with E-state index < -0.39 is 29.7 Å². The summed E-state index contributed by atoms with van der Waals surface area (Å²) in [5.74, 6) is -2.31. The zero-order valence-electron chi connectivity index (χ0n) is 15.7. The summed E-state index contributed by atoms with van der Waals surface area (Å²) in [6.07, 6.45) is 0.983. The second-order valence-electron chi connectivity index (χ2n) is 6.13. The van der Waals surface area contributed by atoms with Crippen LogP contribution in [-0.2, 0) is 43.0 Å². The smallest absolute Gasteiger partial charge is 0.313 e. The van der Waals surface area contributed by atoms with Gasteiger partial charge in [0.15, 0.2) is 0 Å². The predicted octanol–water partition coefficient (Wildman–Crippen LogP) is 0.950. The molecular weight excluding hydrogens is 360 g/mol. The molecule has 0 heterocycles. The molecule has 0 atom stereocenters. The van der Waals surface area contributed by atoms with Crippen LogP contribution >= 0.6 is 0 Å². The molecule has 9 heteroatoms. The summed E-state index contributed by atoms with van der Waals surface area (Å²) in [6, 6.07) is 0. The summed E-state index contributed by atoms with van der Waals surface area (Å²) in [6.45, 7) is 2.36. The average Bonchev–Trinajstić information content (AvgIpc) is 2.63. The fourth-order valence-electron chi connectivity index (χ4n) is 1.88. The molecule has 0 aliphatic rings. The number of ether oxygens (including phenoxy) is 3. The lowest BCUT2D eigenvalue weighted by Crippen LogP contribution is -2.39. The third-order valence-electron chi connectivity index (χ3n) is 3.69. The van der Waals surface area contributed by atoms with Crippen LogP contribution < -0.4 is 0 Å². The van der Waals surface area contributed by atoms with Gasteiger partial charge in [0.1, 0.15) is 44.6 Å². The van der Waals surface area contributed by atoms with E-state index in [4.69, 9.17) is 14.2 Å². The van der Waals surface area contributed by atoms with Crippen LogP contribution in [0, 0.1) is 5.41 Å². The number of hydrogen-bond donors (Lipinski definition) is 0. The SMILES string of the molecule is CCC(COC(=O)CCC=O)(COC(=O)CCC=O)COC(=O)CC(C)=O. The highest BCUT2D eigenvalue weighted by atomic mass is 16.6. The number of carbonyl (C=O) groups excluding carboxylic acids is 6. The summed E-state index contributed by atoms with van der Waals surface area (Å²) in [5.41, 5.74) is -1.000. The molecule has 0 aromatic carbocycles. The zero-order valence-corrected chi connectivity index (χ0v) is 15.7. The second-order valence-corrected chi connectivity index (χ2v) is 6.13. The van der Waals surface area contributed by atoms with Crippen LogP contribution in [0.15, 0.2) is 0 Å². The number of aldehydes is 2. The van der Waals surface area contributed by atoms with Crippen LogP contribution in [0.1, 0.15) is 52.4 Å². The molecule has 0 N–H and O–H groups in total. The Morgan fingerprint density at radius 2 is 1.19 bits per heavy atom. The first-order valence-electron chi connectivity index (χ1n) is 8.62. The standard InChI is InChI=1S/C18H26O9/c1-3-18(11-25-15(22)6-4-8-19,12-26-16(23)7-5-9-20)13-27-17(24)10-14(2)21/h8-9H,3-7,10-13H2,1-2H3. The highest BCUT2D eigenvalue weighted by Crippen LogP contribution is 2.25. The number of esters is 3. The number of ketones is 1. The van der Waals surface area contributed by atoms with Gasteiger partial charge < -0.3 is 23.8 Å². The van der Waals surface area contributed by atoms with Crippen molar-refractivity contribution >= 4 is 36.3 Å². The predicted molar refractivity (Wildman–Crippen MR) is 91.5 cm³/mol. The van der Waals surface area contributed by atoms with E-state index in [9.17, 15) is 28.8 Å². The Morgan fingerprint density at radius 1 is 0.778 bits per heavy atom. The van der Waals surface area contributed by atoms with Gasteiger partial charge in [-0.1, -0.05) is 6.92 Å². The van der Waals surface area contributed by atoms with Gasteiger partial charge in [0.2, 0.25) is 0 Å². The first-order chi connectivity index (χ1) is 12.8. The number of Topliss-reactive ketones (excluding diaryl/α,β-unsaturated/α-hetero) is 1. The maximum Gasteiger partial charge on any atom is 0.313 e. The summed E-state index contributed by atoms with van der Waals surface area (Å²) in [4.78, 5) is 66.6. The van der Waals surface area contributed by atoms with Crippen molar-refractivity contribution in [2.75, 3.05) is 19.8 Å². The molecule has 0 saturated carbocycles. The Hall–Kier alpha value is -2.58. The third-order valence-corrected chi connectivity index (χ3v) is 3.69. The summed E-state index contributed by atoms with van der Waals surface area (Å²) >= 11 is 0. The maximum atomic E-state index is 11.6. The van der Waals surface area contributed by atoms with Crippen LogP contribution in [0.2, 0.25) is 0 Å². The Labute approximate surface area is 157 Å². The second kappa shape index (κ2) is 13.6. The van der Waals surface area contributed by atoms with Crippen LogP contribution in [0.5, 0.6) is 0 Å². The molecule has 0 aromatic heterocycles. The van der Waals surface area contributed by atoms with Crippen molar-refractivity contribution in [3.05, 3.63) is 0 Å². The van der Waals surface area contributed by atoms with Gasteiger partial charge >= 0.3 is 17.9 Å². The monoisotopic (exact) mass is 386 g/mol. The Morgan fingerprint density at radius 3 is 1.52 bits per heavy atom. The first kappa shape index (κ1) is 24.4. The van der Waals surface area contributed by atoms with E-state index in [1.165, 1.54) is 6.92 Å². The van der Waals surface area contributed by atoms with Gasteiger partial charge in [-0.2, -0.15) is 0 Å². The average molecular weight is 386 g/mol. The minimum Gasteiger partial charge on any atom is -0.465 e. The van der Waals surface area contributed by atoms with Gasteiger partial charge in [-0.3, -0.25) is 19.2 Å². The molecule has 0 aromatic rings. The molecule has 0 spiro atoms. The molecule has 0 bridgehead atoms. The van der Waals surface area contributed by atoms with Crippen LogP contribution in [0.4, 0.5) is 0 Å². The minimum atomic E-state index is -1.000. The zero-order chi connectivity index (χ0) is 20.7. The maximum absolute atomic E-state index is 11.6. The van der Waals surface area contributed by atoms with Gasteiger partial charge in [0, 0.05) is 12.8 Å². The molecule has 27 heavy (non-hydrogen) atoms. The molecule has 0 aliphatic heterocycles. The highest BCUT2D eigenvalue weighted by Gasteiger charge is 2.34. The lowest BCUT2D eigenvalue weighted by atomic mass is 9.88. The minimum absolute atomic E-state index is 0.0201. The van der Waals surface area contributed by atoms with E-state index in [0.717, 1.165) is 0 Å². The van der Waals surface area contributed by atoms with Crippen molar-refractivity contribution in [1.82, 2.24) is 0 Å². The molecule has 0 amide bonds. The fourth-order valence-corrected chi connectivity index (χ4v) is 1.88. The van der Waals surface area contributed by atoms with Gasteiger partial charge in [-0.15, -0.1) is 0 Å². The Balaban J connectivity index is 4.94. The van der Waals surface area contributed by atoms with Crippen LogP contribution in [0.3, 0.4) is 0 Å². The van der Waals surface area contributed by atoms with E-state index in [0.29, 0.717) is 19.0 Å². The molecule has 0 rings (SSSR count). The third kappa shape index (κ3) is 11.6. The summed E-state index contributed by atoms with van der Waals surface area (Å²) in [5, 5.41) is 0. The van der Waals surface area contributed by atoms with Crippen molar-refractivity contribution in [2.45, 2.75) is 52.4 Å². The molecule has 0 fully saturated rings. The topological polar surface area (TPSA) is 130 Å².